The van der Waals surface area contributed by atoms with Crippen molar-refractivity contribution in [2.45, 2.75) is 18.8 Å². The summed E-state index contributed by atoms with van der Waals surface area (Å²) in [5.41, 5.74) is 3.07. The molecule has 0 saturated carbocycles. The van der Waals surface area contributed by atoms with Crippen LogP contribution in [0.4, 0.5) is 0 Å². The van der Waals surface area contributed by atoms with Crippen molar-refractivity contribution in [2.75, 3.05) is 0 Å². The molecule has 7 rings (SSSR count). The summed E-state index contributed by atoms with van der Waals surface area (Å²) < 4.78 is 1.35. The molecule has 1 saturated heterocycles. The second kappa shape index (κ2) is 12.0. The number of hydrogen-bond acceptors (Lipinski definition) is 5. The number of allylic oxidation sites excluding steroid dienone is 1. The molecule has 4 aromatic carbocycles. The fourth-order valence-electron chi connectivity index (χ4n) is 6.93. The van der Waals surface area contributed by atoms with Crippen LogP contribution in [0.15, 0.2) is 109 Å². The summed E-state index contributed by atoms with van der Waals surface area (Å²) in [5.74, 6) is -3.23. The number of aromatic nitrogens is 2. The van der Waals surface area contributed by atoms with Gasteiger partial charge < -0.3 is 10.6 Å². The molecule has 1 aliphatic heterocycles. The van der Waals surface area contributed by atoms with Crippen molar-refractivity contribution >= 4 is 69.9 Å². The lowest BCUT2D eigenvalue weighted by Crippen LogP contribution is -2.67. The van der Waals surface area contributed by atoms with Crippen LogP contribution < -0.4 is 10.6 Å². The van der Waals surface area contributed by atoms with Crippen LogP contribution in [0.25, 0.3) is 22.9 Å². The van der Waals surface area contributed by atoms with Gasteiger partial charge in [-0.2, -0.15) is 9.78 Å². The Kier molecular flexibility index (Phi) is 7.88. The van der Waals surface area contributed by atoms with E-state index in [0.717, 1.165) is 5.56 Å². The monoisotopic (exact) mass is 676 g/mol. The molecule has 0 radical (unpaired) electrons. The predicted octanol–water partition coefficient (Wildman–Crippen LogP) is 7.50. The highest BCUT2D eigenvalue weighted by Gasteiger charge is 2.65. The van der Waals surface area contributed by atoms with Gasteiger partial charge in [0.25, 0.3) is 0 Å². The first-order valence-electron chi connectivity index (χ1n) is 14.8. The zero-order valence-corrected chi connectivity index (χ0v) is 27.2. The summed E-state index contributed by atoms with van der Waals surface area (Å²) in [6.45, 7) is 1.43. The molecule has 7 nitrogen and oxygen atoms in total. The van der Waals surface area contributed by atoms with Crippen LogP contribution >= 0.6 is 35.4 Å². The maximum absolute atomic E-state index is 14.8. The van der Waals surface area contributed by atoms with Crippen LogP contribution in [-0.2, 0) is 9.59 Å². The van der Waals surface area contributed by atoms with Crippen LogP contribution in [0, 0.1) is 5.41 Å². The van der Waals surface area contributed by atoms with E-state index in [-0.39, 0.29) is 11.0 Å². The van der Waals surface area contributed by atoms with Gasteiger partial charge in [0.05, 0.1) is 11.4 Å². The van der Waals surface area contributed by atoms with Crippen molar-refractivity contribution in [1.29, 1.82) is 0 Å². The first-order valence-corrected chi connectivity index (χ1v) is 16.0. The van der Waals surface area contributed by atoms with E-state index in [9.17, 15) is 14.4 Å². The fourth-order valence-corrected chi connectivity index (χ4v) is 7.37. The van der Waals surface area contributed by atoms with E-state index in [4.69, 9.17) is 40.5 Å². The lowest BCUT2D eigenvalue weighted by molar-refractivity contribution is -0.145. The van der Waals surface area contributed by atoms with Crippen molar-refractivity contribution < 1.29 is 14.4 Å². The minimum atomic E-state index is -1.82. The molecule has 1 spiro atoms. The summed E-state index contributed by atoms with van der Waals surface area (Å²) in [4.78, 5) is 43.1. The summed E-state index contributed by atoms with van der Waals surface area (Å²) in [5, 5.41) is 11.6. The molecule has 2 amide bonds. The highest BCUT2D eigenvalue weighted by molar-refractivity contribution is 7.80. The maximum Gasteiger partial charge on any atom is 0.244 e. The molecule has 10 heteroatoms. The molecule has 2 aliphatic rings. The Morgan fingerprint density at radius 3 is 1.83 bits per heavy atom. The minimum Gasteiger partial charge on any atom is -0.302 e. The van der Waals surface area contributed by atoms with Gasteiger partial charge in [-0.05, 0) is 64.8 Å². The zero-order valence-electron chi connectivity index (χ0n) is 24.9. The highest BCUT2D eigenvalue weighted by atomic mass is 35.5. The second-order valence-corrected chi connectivity index (χ2v) is 12.8. The van der Waals surface area contributed by atoms with Crippen LogP contribution in [0.2, 0.25) is 10.0 Å². The van der Waals surface area contributed by atoms with Crippen LogP contribution in [0.1, 0.15) is 51.5 Å². The average molecular weight is 678 g/mol. The third kappa shape index (κ3) is 5.09. The molecular weight excluding hydrogens is 651 g/mol. The number of carbonyl (C=O) groups excluding carboxylic acids is 3. The van der Waals surface area contributed by atoms with Gasteiger partial charge in [-0.3, -0.25) is 14.4 Å². The lowest BCUT2D eigenvalue weighted by Gasteiger charge is -2.49. The van der Waals surface area contributed by atoms with E-state index in [0.29, 0.717) is 49.3 Å². The average Bonchev–Trinajstić information content (AvgIpc) is 3.46. The van der Waals surface area contributed by atoms with Gasteiger partial charge in [0.15, 0.2) is 10.5 Å². The van der Waals surface area contributed by atoms with Crippen molar-refractivity contribution in [3.8, 4) is 11.3 Å². The molecule has 0 bridgehead atoms. The maximum atomic E-state index is 14.8. The molecule has 5 aromatic rings. The largest absolute Gasteiger partial charge is 0.302 e. The predicted molar refractivity (Wildman–Crippen MR) is 187 cm³/mol. The fraction of sp³-hybridized carbons (Fsp3) is 0.108. The van der Waals surface area contributed by atoms with Crippen LogP contribution in [0.5, 0.6) is 0 Å². The minimum absolute atomic E-state index is 0.0735. The van der Waals surface area contributed by atoms with E-state index >= 15 is 0 Å². The van der Waals surface area contributed by atoms with Crippen molar-refractivity contribution in [3.05, 3.63) is 147 Å². The molecule has 2 N–H and O–H groups in total. The van der Waals surface area contributed by atoms with E-state index in [1.807, 2.05) is 78.9 Å². The van der Waals surface area contributed by atoms with Gasteiger partial charge >= 0.3 is 0 Å². The zero-order chi connectivity index (χ0) is 32.9. The number of amides is 2. The molecule has 1 aliphatic carbocycles. The summed E-state index contributed by atoms with van der Waals surface area (Å²) in [6, 6.07) is 33.1. The molecule has 2 unspecified atom stereocenters. The molecule has 2 atom stereocenters. The van der Waals surface area contributed by atoms with E-state index in [1.54, 1.807) is 36.4 Å². The number of hydrogen-bond donors (Lipinski definition) is 2. The number of fused-ring (bicyclic) bond motifs is 1. The van der Waals surface area contributed by atoms with E-state index in [1.165, 1.54) is 11.6 Å². The first-order chi connectivity index (χ1) is 22.7. The molecule has 232 valence electrons. The van der Waals surface area contributed by atoms with E-state index in [2.05, 4.69) is 10.6 Å². The summed E-state index contributed by atoms with van der Waals surface area (Å²) in [6.07, 6.45) is 1.91. The van der Waals surface area contributed by atoms with Gasteiger partial charge in [-0.1, -0.05) is 108 Å². The lowest BCUT2D eigenvalue weighted by atomic mass is 9.52. The topological polar surface area (TPSA) is 93.1 Å². The summed E-state index contributed by atoms with van der Waals surface area (Å²) >= 11 is 17.9. The number of nitrogens with one attached hydrogen (secondary N) is 2. The number of halogens is 2. The number of thiocarbonyl (C=S) groups is 1. The van der Waals surface area contributed by atoms with Crippen molar-refractivity contribution in [1.82, 2.24) is 20.4 Å². The SMILES string of the molecule is CC(=O)n1nc2c(c1-c1ccc(Cl)cc1)C(c1ccccc1)C1(C(=O)NC(=S)NC1=O)C(c1ccccc1)/C2=C/c1ccc(Cl)cc1. The molecule has 47 heavy (non-hydrogen) atoms. The Bertz CT molecular complexity index is 2070. The number of benzene rings is 4. The Morgan fingerprint density at radius 2 is 1.30 bits per heavy atom. The quantitative estimate of drug-likeness (QED) is 0.152. The van der Waals surface area contributed by atoms with Crippen LogP contribution in [-0.4, -0.2) is 32.6 Å². The smallest absolute Gasteiger partial charge is 0.244 e. The normalized spacial score (nSPS) is 19.3. The van der Waals surface area contributed by atoms with Gasteiger partial charge in [-0.25, -0.2) is 0 Å². The molecule has 1 fully saturated rings. The summed E-state index contributed by atoms with van der Waals surface area (Å²) in [7, 11) is 0. The molecular formula is C37H26Cl2N4O3S. The number of rotatable bonds is 4. The standard InChI is InChI=1S/C37H26Cl2N4O3S/c1-21(44)43-33(25-14-18-27(39)19-15-25)29-31(24-10-6-3-7-11-24)37(34(45)40-36(47)41-35(37)46)30(23-8-4-2-5-9-23)28(32(29)42-43)20-22-12-16-26(38)17-13-22/h2-20,30-31H,1H3,(H2,40,41,45,46,47)/b28-20-. The van der Waals surface area contributed by atoms with E-state index < -0.39 is 29.1 Å². The van der Waals surface area contributed by atoms with Gasteiger partial charge in [-0.15, -0.1) is 0 Å². The Hall–Kier alpha value is -4.89. The number of carbonyl (C=O) groups is 3. The van der Waals surface area contributed by atoms with Crippen LogP contribution in [0.3, 0.4) is 0 Å². The molecule has 2 heterocycles. The Balaban J connectivity index is 1.70. The first kappa shape index (κ1) is 30.7. The van der Waals surface area contributed by atoms with Gasteiger partial charge in [0.2, 0.25) is 17.7 Å². The van der Waals surface area contributed by atoms with Crippen molar-refractivity contribution in [2.24, 2.45) is 5.41 Å². The third-order valence-electron chi connectivity index (χ3n) is 8.79. The highest BCUT2D eigenvalue weighted by Crippen LogP contribution is 2.63. The third-order valence-corrected chi connectivity index (χ3v) is 9.49. The Labute approximate surface area is 286 Å². The molecule has 1 aromatic heterocycles. The van der Waals surface area contributed by atoms with Crippen molar-refractivity contribution in [3.63, 3.8) is 0 Å². The van der Waals surface area contributed by atoms with Gasteiger partial charge in [0.1, 0.15) is 0 Å². The van der Waals surface area contributed by atoms with Gasteiger partial charge in [0, 0.05) is 39.9 Å². The number of nitrogens with zero attached hydrogens (tertiary/aromatic N) is 2. The Morgan fingerprint density at radius 1 is 0.787 bits per heavy atom. The second-order valence-electron chi connectivity index (χ2n) is 11.5.